The van der Waals surface area contributed by atoms with E-state index < -0.39 is 12.0 Å². The quantitative estimate of drug-likeness (QED) is 0.836. The van der Waals surface area contributed by atoms with E-state index in [1.807, 2.05) is 0 Å². The Kier molecular flexibility index (Phi) is 5.18. The van der Waals surface area contributed by atoms with Crippen LogP contribution in [0.1, 0.15) is 11.7 Å². The van der Waals surface area contributed by atoms with Gasteiger partial charge >= 0.3 is 0 Å². The van der Waals surface area contributed by atoms with Crippen LogP contribution in [0.5, 0.6) is 0 Å². The zero-order valence-corrected chi connectivity index (χ0v) is 13.4. The van der Waals surface area contributed by atoms with Gasteiger partial charge in [0.15, 0.2) is 11.9 Å². The molecule has 6 nitrogen and oxygen atoms in total. The number of aliphatic hydroxyl groups is 1. The number of benzene rings is 1. The Balaban J connectivity index is 2.36. The van der Waals surface area contributed by atoms with E-state index in [1.165, 1.54) is 11.1 Å². The summed E-state index contributed by atoms with van der Waals surface area (Å²) < 4.78 is 0. The first-order chi connectivity index (χ1) is 10.4. The third kappa shape index (κ3) is 3.65. The van der Waals surface area contributed by atoms with Gasteiger partial charge in [-0.05, 0) is 17.7 Å². The van der Waals surface area contributed by atoms with Crippen molar-refractivity contribution in [2.75, 3.05) is 19.4 Å². The molecular weight excluding hydrogens is 327 g/mol. The average molecular weight is 341 g/mol. The van der Waals surface area contributed by atoms with Crippen molar-refractivity contribution in [2.45, 2.75) is 6.10 Å². The van der Waals surface area contributed by atoms with Crippen molar-refractivity contribution in [3.63, 3.8) is 0 Å². The van der Waals surface area contributed by atoms with Crippen LogP contribution in [0.4, 0.5) is 11.5 Å². The Bertz CT molecular complexity index is 694. The predicted molar refractivity (Wildman–Crippen MR) is 85.4 cm³/mol. The minimum Gasteiger partial charge on any atom is -0.378 e. The number of halogens is 2. The first kappa shape index (κ1) is 16.5. The number of aliphatic hydroxyl groups excluding tert-OH is 1. The van der Waals surface area contributed by atoms with E-state index in [-0.39, 0.29) is 10.3 Å². The van der Waals surface area contributed by atoms with Crippen LogP contribution in [0.15, 0.2) is 30.5 Å². The summed E-state index contributed by atoms with van der Waals surface area (Å²) in [5, 5.41) is 13.5. The third-order valence-electron chi connectivity index (χ3n) is 2.90. The molecule has 2 rings (SSSR count). The van der Waals surface area contributed by atoms with E-state index >= 15 is 0 Å². The number of amides is 1. The Morgan fingerprint density at radius 2 is 2.00 bits per heavy atom. The number of aromatic nitrogens is 2. The molecule has 1 unspecified atom stereocenters. The maximum absolute atomic E-state index is 11.9. The van der Waals surface area contributed by atoms with Gasteiger partial charge in [0.25, 0.3) is 5.91 Å². The van der Waals surface area contributed by atoms with E-state index in [0.29, 0.717) is 17.1 Å². The number of anilines is 2. The first-order valence-electron chi connectivity index (χ1n) is 6.33. The standard InChI is InChI=1S/C14H14Cl2N4O2/c1-20(2)13(22)11(21)8-5-3-4-6-10(8)18-12-9(15)7-17-14(16)19-12/h3-7,11,21H,1-2H3,(H,17,18,19). The second-order valence-electron chi connectivity index (χ2n) is 4.68. The minimum atomic E-state index is -1.30. The molecule has 1 aromatic carbocycles. The fraction of sp³-hybridized carbons (Fsp3) is 0.214. The van der Waals surface area contributed by atoms with E-state index in [0.717, 1.165) is 0 Å². The van der Waals surface area contributed by atoms with E-state index in [4.69, 9.17) is 23.2 Å². The summed E-state index contributed by atoms with van der Waals surface area (Å²) in [6.07, 6.45) is 0.0678. The maximum Gasteiger partial charge on any atom is 0.255 e. The summed E-state index contributed by atoms with van der Waals surface area (Å²) >= 11 is 11.8. The van der Waals surface area contributed by atoms with Crippen molar-refractivity contribution in [3.8, 4) is 0 Å². The zero-order valence-electron chi connectivity index (χ0n) is 11.9. The van der Waals surface area contributed by atoms with Gasteiger partial charge in [-0.25, -0.2) is 4.98 Å². The molecule has 2 aromatic rings. The zero-order chi connectivity index (χ0) is 16.3. The molecule has 22 heavy (non-hydrogen) atoms. The monoisotopic (exact) mass is 340 g/mol. The molecule has 0 fully saturated rings. The van der Waals surface area contributed by atoms with Crippen molar-refractivity contribution in [3.05, 3.63) is 46.3 Å². The van der Waals surface area contributed by atoms with Crippen LogP contribution in [-0.2, 0) is 4.79 Å². The number of carbonyl (C=O) groups excluding carboxylic acids is 1. The number of hydrogen-bond donors (Lipinski definition) is 2. The van der Waals surface area contributed by atoms with Crippen LogP contribution in [-0.4, -0.2) is 40.0 Å². The molecule has 0 aliphatic rings. The van der Waals surface area contributed by atoms with Gasteiger partial charge in [0.2, 0.25) is 5.28 Å². The van der Waals surface area contributed by atoms with Crippen molar-refractivity contribution in [1.82, 2.24) is 14.9 Å². The Hall–Kier alpha value is -1.89. The SMILES string of the molecule is CN(C)C(=O)C(O)c1ccccc1Nc1nc(Cl)ncc1Cl. The lowest BCUT2D eigenvalue weighted by Crippen LogP contribution is -2.28. The predicted octanol–water partition coefficient (Wildman–Crippen LogP) is 2.65. The molecular formula is C14H14Cl2N4O2. The summed E-state index contributed by atoms with van der Waals surface area (Å²) in [6, 6.07) is 6.83. The van der Waals surface area contributed by atoms with Crippen LogP contribution >= 0.6 is 23.2 Å². The molecule has 0 saturated carbocycles. The van der Waals surface area contributed by atoms with Gasteiger partial charge in [0.1, 0.15) is 5.02 Å². The summed E-state index contributed by atoms with van der Waals surface area (Å²) in [7, 11) is 3.14. The Morgan fingerprint density at radius 3 is 2.68 bits per heavy atom. The second-order valence-corrected chi connectivity index (χ2v) is 5.43. The minimum absolute atomic E-state index is 0.0364. The molecule has 2 N–H and O–H groups in total. The average Bonchev–Trinajstić information content (AvgIpc) is 2.50. The Labute approximate surface area is 137 Å². The van der Waals surface area contributed by atoms with Crippen LogP contribution in [0.3, 0.4) is 0 Å². The van der Waals surface area contributed by atoms with Crippen molar-refractivity contribution in [1.29, 1.82) is 0 Å². The fourth-order valence-electron chi connectivity index (χ4n) is 1.79. The summed E-state index contributed by atoms with van der Waals surface area (Å²) in [5.74, 6) is -0.139. The molecule has 116 valence electrons. The number of likely N-dealkylation sites (N-methyl/N-ethyl adjacent to an activating group) is 1. The first-order valence-corrected chi connectivity index (χ1v) is 7.09. The highest BCUT2D eigenvalue weighted by molar-refractivity contribution is 6.33. The molecule has 1 amide bonds. The number of carbonyl (C=O) groups is 1. The molecule has 8 heteroatoms. The van der Waals surface area contributed by atoms with Gasteiger partial charge in [0, 0.05) is 25.3 Å². The normalized spacial score (nSPS) is 11.9. The van der Waals surface area contributed by atoms with Crippen molar-refractivity contribution >= 4 is 40.6 Å². The van der Waals surface area contributed by atoms with E-state index in [9.17, 15) is 9.90 Å². The van der Waals surface area contributed by atoms with E-state index in [2.05, 4.69) is 15.3 Å². The van der Waals surface area contributed by atoms with Gasteiger partial charge in [-0.1, -0.05) is 29.8 Å². The molecule has 0 saturated heterocycles. The number of rotatable bonds is 4. The lowest BCUT2D eigenvalue weighted by Gasteiger charge is -2.19. The van der Waals surface area contributed by atoms with Gasteiger partial charge in [-0.15, -0.1) is 0 Å². The molecule has 0 aliphatic heterocycles. The molecule has 0 spiro atoms. The third-order valence-corrected chi connectivity index (χ3v) is 3.36. The highest BCUT2D eigenvalue weighted by atomic mass is 35.5. The maximum atomic E-state index is 11.9. The summed E-state index contributed by atoms with van der Waals surface area (Å²) in [6.45, 7) is 0. The summed E-state index contributed by atoms with van der Waals surface area (Å²) in [5.41, 5.74) is 0.911. The second kappa shape index (κ2) is 6.91. The van der Waals surface area contributed by atoms with Gasteiger partial charge in [-0.3, -0.25) is 4.79 Å². The van der Waals surface area contributed by atoms with Gasteiger partial charge in [0.05, 0.1) is 6.20 Å². The fourth-order valence-corrected chi connectivity index (χ4v) is 2.06. The number of nitrogens with zero attached hydrogens (tertiary/aromatic N) is 3. The molecule has 0 bridgehead atoms. The van der Waals surface area contributed by atoms with Crippen LogP contribution in [0.2, 0.25) is 10.3 Å². The van der Waals surface area contributed by atoms with Crippen molar-refractivity contribution < 1.29 is 9.90 Å². The van der Waals surface area contributed by atoms with Crippen LogP contribution in [0.25, 0.3) is 0 Å². The van der Waals surface area contributed by atoms with Crippen LogP contribution < -0.4 is 5.32 Å². The van der Waals surface area contributed by atoms with Crippen molar-refractivity contribution in [2.24, 2.45) is 0 Å². The smallest absolute Gasteiger partial charge is 0.255 e. The van der Waals surface area contributed by atoms with Crippen LogP contribution in [0, 0.1) is 0 Å². The number of para-hydroxylation sites is 1. The molecule has 0 radical (unpaired) electrons. The largest absolute Gasteiger partial charge is 0.378 e. The molecule has 1 atom stereocenters. The Morgan fingerprint density at radius 1 is 1.32 bits per heavy atom. The van der Waals surface area contributed by atoms with E-state index in [1.54, 1.807) is 38.4 Å². The lowest BCUT2D eigenvalue weighted by molar-refractivity contribution is -0.137. The van der Waals surface area contributed by atoms with Gasteiger partial charge < -0.3 is 15.3 Å². The topological polar surface area (TPSA) is 78.4 Å². The lowest BCUT2D eigenvalue weighted by atomic mass is 10.1. The van der Waals surface area contributed by atoms with Gasteiger partial charge in [-0.2, -0.15) is 4.98 Å². The number of hydrogen-bond acceptors (Lipinski definition) is 5. The summed E-state index contributed by atoms with van der Waals surface area (Å²) in [4.78, 5) is 21.0. The molecule has 1 aromatic heterocycles. The molecule has 1 heterocycles. The highest BCUT2D eigenvalue weighted by Crippen LogP contribution is 2.29. The number of nitrogens with one attached hydrogen (secondary N) is 1. The highest BCUT2D eigenvalue weighted by Gasteiger charge is 2.22. The molecule has 0 aliphatic carbocycles.